The number of carbonyl (C=O) groups is 1. The minimum Gasteiger partial charge on any atom is -0.479 e. The predicted octanol–water partition coefficient (Wildman–Crippen LogP) is 1.62. The van der Waals surface area contributed by atoms with Gasteiger partial charge in [0.25, 0.3) is 0 Å². The number of aromatic nitrogens is 5. The number of hydrogen-bond acceptors (Lipinski definition) is 4. The van der Waals surface area contributed by atoms with Crippen molar-refractivity contribution < 1.29 is 9.90 Å². The van der Waals surface area contributed by atoms with Crippen LogP contribution in [0.5, 0.6) is 0 Å². The zero-order chi connectivity index (χ0) is 15.7. The molecule has 3 aromatic rings. The highest BCUT2D eigenvalue weighted by Gasteiger charge is 2.41. The van der Waals surface area contributed by atoms with Gasteiger partial charge in [-0.25, -0.2) is 9.48 Å². The Morgan fingerprint density at radius 1 is 1.23 bits per heavy atom. The molecule has 2 aromatic heterocycles. The van der Waals surface area contributed by atoms with Crippen LogP contribution in [0.4, 0.5) is 0 Å². The molecule has 0 aliphatic carbocycles. The lowest BCUT2D eigenvalue weighted by atomic mass is 9.99. The number of aryl methyl sites for hydroxylation is 1. The second-order valence-corrected chi connectivity index (χ2v) is 5.13. The maximum atomic E-state index is 11.8. The van der Waals surface area contributed by atoms with Gasteiger partial charge in [0.1, 0.15) is 5.69 Å². The summed E-state index contributed by atoms with van der Waals surface area (Å²) in [6.45, 7) is 3.50. The molecule has 7 heteroatoms. The van der Waals surface area contributed by atoms with Gasteiger partial charge < -0.3 is 5.11 Å². The Labute approximate surface area is 126 Å². The normalized spacial score (nSPS) is 13.7. The summed E-state index contributed by atoms with van der Waals surface area (Å²) in [5.74, 6) is -1.05. The monoisotopic (exact) mass is 297 g/mol. The van der Waals surface area contributed by atoms with Crippen molar-refractivity contribution in [3.63, 3.8) is 0 Å². The molecule has 0 aliphatic heterocycles. The van der Waals surface area contributed by atoms with Crippen molar-refractivity contribution in [2.75, 3.05) is 0 Å². The zero-order valence-corrected chi connectivity index (χ0v) is 12.2. The highest BCUT2D eigenvalue weighted by molar-refractivity contribution is 5.79. The lowest BCUT2D eigenvalue weighted by Crippen LogP contribution is -2.41. The van der Waals surface area contributed by atoms with Crippen LogP contribution in [0, 0.1) is 6.92 Å². The first kappa shape index (κ1) is 14.0. The third-order valence-electron chi connectivity index (χ3n) is 3.70. The first-order valence-corrected chi connectivity index (χ1v) is 6.76. The van der Waals surface area contributed by atoms with E-state index in [0.717, 1.165) is 11.3 Å². The van der Waals surface area contributed by atoms with E-state index in [1.807, 2.05) is 31.2 Å². The van der Waals surface area contributed by atoms with Crippen molar-refractivity contribution >= 4 is 5.97 Å². The zero-order valence-electron chi connectivity index (χ0n) is 12.2. The van der Waals surface area contributed by atoms with Gasteiger partial charge in [0.2, 0.25) is 5.54 Å². The number of carboxylic acids is 1. The fourth-order valence-corrected chi connectivity index (χ4v) is 2.25. The van der Waals surface area contributed by atoms with Crippen molar-refractivity contribution in [1.82, 2.24) is 24.8 Å². The Morgan fingerprint density at radius 3 is 2.64 bits per heavy atom. The van der Waals surface area contributed by atoms with E-state index in [2.05, 4.69) is 15.3 Å². The molecule has 0 amide bonds. The highest BCUT2D eigenvalue weighted by Crippen LogP contribution is 2.24. The summed E-state index contributed by atoms with van der Waals surface area (Å²) in [4.78, 5) is 13.2. The van der Waals surface area contributed by atoms with Crippen molar-refractivity contribution in [2.45, 2.75) is 19.4 Å². The van der Waals surface area contributed by atoms with Crippen LogP contribution in [0.1, 0.15) is 18.2 Å². The number of benzene rings is 1. The van der Waals surface area contributed by atoms with Crippen molar-refractivity contribution in [3.8, 4) is 5.69 Å². The van der Waals surface area contributed by atoms with Crippen LogP contribution >= 0.6 is 0 Å². The second kappa shape index (κ2) is 5.10. The highest BCUT2D eigenvalue weighted by atomic mass is 16.4. The average molecular weight is 297 g/mol. The van der Waals surface area contributed by atoms with Crippen LogP contribution < -0.4 is 0 Å². The molecule has 2 heterocycles. The third-order valence-corrected chi connectivity index (χ3v) is 3.70. The fourth-order valence-electron chi connectivity index (χ4n) is 2.25. The van der Waals surface area contributed by atoms with E-state index < -0.39 is 11.5 Å². The van der Waals surface area contributed by atoms with Crippen LogP contribution in [-0.4, -0.2) is 35.9 Å². The largest absolute Gasteiger partial charge is 0.479 e. The van der Waals surface area contributed by atoms with Crippen molar-refractivity contribution in [1.29, 1.82) is 0 Å². The predicted molar refractivity (Wildman–Crippen MR) is 78.7 cm³/mol. The Balaban J connectivity index is 2.09. The summed E-state index contributed by atoms with van der Waals surface area (Å²) >= 11 is 0. The Kier molecular flexibility index (Phi) is 3.25. The second-order valence-electron chi connectivity index (χ2n) is 5.13. The van der Waals surface area contributed by atoms with Gasteiger partial charge in [-0.3, -0.25) is 0 Å². The Morgan fingerprint density at radius 2 is 2.00 bits per heavy atom. The molecule has 7 nitrogen and oxygen atoms in total. The molecule has 0 radical (unpaired) electrons. The molecule has 112 valence electrons. The number of rotatable bonds is 4. The standard InChI is InChI=1S/C15H15N5O2/c1-11-6-3-4-7-12(11)20-17-10-13(18-20)15(2,14(21)22)19-9-5-8-16-19/h3-10H,1-2H3,(H,21,22). The summed E-state index contributed by atoms with van der Waals surface area (Å²) in [6.07, 6.45) is 4.59. The Hall–Kier alpha value is -2.96. The minimum absolute atomic E-state index is 0.312. The van der Waals surface area contributed by atoms with Gasteiger partial charge in [-0.2, -0.15) is 20.1 Å². The van der Waals surface area contributed by atoms with E-state index >= 15 is 0 Å². The topological polar surface area (TPSA) is 85.8 Å². The fraction of sp³-hybridized carbons (Fsp3) is 0.200. The molecular weight excluding hydrogens is 282 g/mol. The summed E-state index contributed by atoms with van der Waals surface area (Å²) < 4.78 is 1.36. The number of carboxylic acid groups (broad SMARTS) is 1. The van der Waals surface area contributed by atoms with Gasteiger partial charge >= 0.3 is 5.97 Å². The van der Waals surface area contributed by atoms with Crippen LogP contribution in [0.3, 0.4) is 0 Å². The molecular formula is C15H15N5O2. The first-order valence-electron chi connectivity index (χ1n) is 6.76. The van der Waals surface area contributed by atoms with E-state index in [4.69, 9.17) is 0 Å². The van der Waals surface area contributed by atoms with E-state index in [9.17, 15) is 9.90 Å². The number of aliphatic carboxylic acids is 1. The number of hydrogen-bond donors (Lipinski definition) is 1. The molecule has 0 saturated carbocycles. The molecule has 0 saturated heterocycles. The van der Waals surface area contributed by atoms with Gasteiger partial charge in [-0.1, -0.05) is 18.2 Å². The molecule has 0 aliphatic rings. The van der Waals surface area contributed by atoms with Crippen molar-refractivity contribution in [3.05, 3.63) is 60.2 Å². The SMILES string of the molecule is Cc1ccccc1-n1ncc(C(C)(C(=O)O)n2cccn2)n1. The lowest BCUT2D eigenvalue weighted by Gasteiger charge is -2.22. The molecule has 0 fully saturated rings. The average Bonchev–Trinajstić information content (AvgIpc) is 3.18. The maximum absolute atomic E-state index is 11.8. The number of para-hydroxylation sites is 1. The molecule has 1 aromatic carbocycles. The van der Waals surface area contributed by atoms with Gasteiger partial charge in [0.05, 0.1) is 11.9 Å². The maximum Gasteiger partial charge on any atom is 0.337 e. The summed E-state index contributed by atoms with van der Waals surface area (Å²) in [5.41, 5.74) is 0.708. The third kappa shape index (κ3) is 2.07. The Bertz CT molecular complexity index is 809. The van der Waals surface area contributed by atoms with Gasteiger partial charge in [-0.15, -0.1) is 0 Å². The molecule has 1 unspecified atom stereocenters. The summed E-state index contributed by atoms with van der Waals surface area (Å²) in [5, 5.41) is 22.3. The van der Waals surface area contributed by atoms with Gasteiger partial charge in [0, 0.05) is 12.4 Å². The molecule has 3 rings (SSSR count). The molecule has 1 N–H and O–H groups in total. The van der Waals surface area contributed by atoms with Crippen LogP contribution in [-0.2, 0) is 10.3 Å². The molecule has 0 spiro atoms. The summed E-state index contributed by atoms with van der Waals surface area (Å²) in [7, 11) is 0. The van der Waals surface area contributed by atoms with E-state index in [0.29, 0.717) is 5.69 Å². The quantitative estimate of drug-likeness (QED) is 0.791. The van der Waals surface area contributed by atoms with E-state index in [1.54, 1.807) is 19.2 Å². The molecule has 1 atom stereocenters. The van der Waals surface area contributed by atoms with Crippen LogP contribution in [0.25, 0.3) is 5.69 Å². The van der Waals surface area contributed by atoms with E-state index in [-0.39, 0.29) is 0 Å². The smallest absolute Gasteiger partial charge is 0.337 e. The minimum atomic E-state index is -1.41. The summed E-state index contributed by atoms with van der Waals surface area (Å²) in [6, 6.07) is 9.31. The van der Waals surface area contributed by atoms with Crippen LogP contribution in [0.15, 0.2) is 48.9 Å². The lowest BCUT2D eigenvalue weighted by molar-refractivity contribution is -0.145. The van der Waals surface area contributed by atoms with E-state index in [1.165, 1.54) is 21.9 Å². The van der Waals surface area contributed by atoms with Crippen molar-refractivity contribution in [2.24, 2.45) is 0 Å². The molecule has 0 bridgehead atoms. The van der Waals surface area contributed by atoms with Crippen LogP contribution in [0.2, 0.25) is 0 Å². The first-order chi connectivity index (χ1) is 10.5. The van der Waals surface area contributed by atoms with Gasteiger partial charge in [-0.05, 0) is 31.5 Å². The number of nitrogens with zero attached hydrogens (tertiary/aromatic N) is 5. The van der Waals surface area contributed by atoms with Gasteiger partial charge in [0.15, 0.2) is 0 Å². The molecule has 22 heavy (non-hydrogen) atoms.